The Morgan fingerprint density at radius 3 is 2.11 bits per heavy atom. The second-order valence-electron chi connectivity index (χ2n) is 9.18. The van der Waals surface area contributed by atoms with Crippen molar-refractivity contribution >= 4 is 0 Å². The zero-order valence-corrected chi connectivity index (χ0v) is 17.0. The summed E-state index contributed by atoms with van der Waals surface area (Å²) in [5.74, 6) is 0. The van der Waals surface area contributed by atoms with Crippen molar-refractivity contribution in [1.82, 2.24) is 4.90 Å². The minimum Gasteiger partial charge on any atom is -0.393 e. The molecule has 2 aromatic rings. The molecule has 1 heterocycles. The molecule has 146 valence electrons. The van der Waals surface area contributed by atoms with Crippen LogP contribution in [-0.4, -0.2) is 44.9 Å². The van der Waals surface area contributed by atoms with Crippen molar-refractivity contribution in [3.63, 3.8) is 0 Å². The van der Waals surface area contributed by atoms with Gasteiger partial charge in [-0.3, -0.25) is 4.90 Å². The number of aliphatic hydroxyl groups is 2. The van der Waals surface area contributed by atoms with Crippen LogP contribution in [0.25, 0.3) is 11.1 Å². The van der Waals surface area contributed by atoms with Gasteiger partial charge in [-0.1, -0.05) is 54.6 Å². The lowest BCUT2D eigenvalue weighted by atomic mass is 9.77. The van der Waals surface area contributed by atoms with Gasteiger partial charge in [-0.05, 0) is 57.2 Å². The van der Waals surface area contributed by atoms with Gasteiger partial charge in [0.25, 0.3) is 0 Å². The van der Waals surface area contributed by atoms with Gasteiger partial charge in [0.1, 0.15) is 0 Å². The fourth-order valence-electron chi connectivity index (χ4n) is 4.89. The molecule has 0 saturated carbocycles. The van der Waals surface area contributed by atoms with Gasteiger partial charge in [0.05, 0.1) is 12.2 Å². The summed E-state index contributed by atoms with van der Waals surface area (Å²) in [5, 5.41) is 21.2. The van der Waals surface area contributed by atoms with Crippen molar-refractivity contribution in [2.75, 3.05) is 6.54 Å². The Labute approximate surface area is 163 Å². The van der Waals surface area contributed by atoms with Crippen molar-refractivity contribution < 1.29 is 10.2 Å². The zero-order valence-electron chi connectivity index (χ0n) is 17.0. The maximum Gasteiger partial charge on any atom is 0.0708 e. The van der Waals surface area contributed by atoms with E-state index >= 15 is 0 Å². The average Bonchev–Trinajstić information content (AvgIpc) is 2.58. The van der Waals surface area contributed by atoms with Crippen molar-refractivity contribution in [2.45, 2.75) is 70.2 Å². The third kappa shape index (κ3) is 4.60. The Morgan fingerprint density at radius 1 is 0.926 bits per heavy atom. The lowest BCUT2D eigenvalue weighted by Crippen LogP contribution is -2.63. The fraction of sp³-hybridized carbons (Fsp3) is 0.500. The molecule has 1 fully saturated rings. The molecular formula is C24H33NO2. The second kappa shape index (κ2) is 7.75. The first-order chi connectivity index (χ1) is 12.7. The molecule has 0 aromatic heterocycles. The van der Waals surface area contributed by atoms with E-state index in [1.165, 1.54) is 16.7 Å². The molecule has 27 heavy (non-hydrogen) atoms. The summed E-state index contributed by atoms with van der Waals surface area (Å²) in [6, 6.07) is 18.7. The summed E-state index contributed by atoms with van der Waals surface area (Å²) >= 11 is 0. The van der Waals surface area contributed by atoms with Crippen molar-refractivity contribution in [3.05, 3.63) is 60.2 Å². The van der Waals surface area contributed by atoms with Gasteiger partial charge < -0.3 is 10.2 Å². The summed E-state index contributed by atoms with van der Waals surface area (Å²) in [4.78, 5) is 2.38. The molecule has 0 bridgehead atoms. The van der Waals surface area contributed by atoms with Crippen LogP contribution in [0.5, 0.6) is 0 Å². The first kappa shape index (κ1) is 20.1. The van der Waals surface area contributed by atoms with Crippen LogP contribution in [0.4, 0.5) is 0 Å². The lowest BCUT2D eigenvalue weighted by Gasteiger charge is -2.55. The van der Waals surface area contributed by atoms with E-state index in [9.17, 15) is 10.2 Å². The summed E-state index contributed by atoms with van der Waals surface area (Å²) in [6.45, 7) is 9.28. The minimum absolute atomic E-state index is 0.138. The van der Waals surface area contributed by atoms with Crippen LogP contribution >= 0.6 is 0 Å². The molecule has 1 saturated heterocycles. The zero-order chi connectivity index (χ0) is 19.7. The first-order valence-corrected chi connectivity index (χ1v) is 9.96. The van der Waals surface area contributed by atoms with Gasteiger partial charge in [0, 0.05) is 24.0 Å². The molecule has 2 N–H and O–H groups in total. The molecular weight excluding hydrogens is 334 g/mol. The number of aliphatic hydroxyl groups excluding tert-OH is 2. The van der Waals surface area contributed by atoms with Gasteiger partial charge in [0.15, 0.2) is 0 Å². The van der Waals surface area contributed by atoms with E-state index in [1.807, 2.05) is 24.3 Å². The number of likely N-dealkylation sites (tertiary alicyclic amines) is 1. The van der Waals surface area contributed by atoms with Crippen LogP contribution < -0.4 is 0 Å². The summed E-state index contributed by atoms with van der Waals surface area (Å²) in [5.41, 5.74) is 3.26. The Hall–Kier alpha value is -1.68. The third-order valence-electron chi connectivity index (χ3n) is 5.88. The molecule has 1 unspecified atom stereocenters. The van der Waals surface area contributed by atoms with E-state index in [2.05, 4.69) is 62.9 Å². The SMILES string of the molecule is CC1(C)CC(O)CC(C)(C)N1CC(O)Cc1ccccc1-c1ccccc1. The number of piperidine rings is 1. The van der Waals surface area contributed by atoms with E-state index in [0.717, 1.165) is 12.8 Å². The molecule has 1 aliphatic heterocycles. The highest BCUT2D eigenvalue weighted by atomic mass is 16.3. The van der Waals surface area contributed by atoms with Gasteiger partial charge in [0.2, 0.25) is 0 Å². The fourth-order valence-corrected chi connectivity index (χ4v) is 4.89. The van der Waals surface area contributed by atoms with Crippen molar-refractivity contribution in [2.24, 2.45) is 0 Å². The molecule has 1 atom stereocenters. The van der Waals surface area contributed by atoms with Gasteiger partial charge in [-0.15, -0.1) is 0 Å². The maximum atomic E-state index is 11.0. The number of hydrogen-bond donors (Lipinski definition) is 2. The molecule has 0 radical (unpaired) electrons. The highest BCUT2D eigenvalue weighted by Crippen LogP contribution is 2.38. The monoisotopic (exact) mass is 367 g/mol. The van der Waals surface area contributed by atoms with Crippen LogP contribution in [-0.2, 0) is 6.42 Å². The van der Waals surface area contributed by atoms with Crippen LogP contribution in [0.3, 0.4) is 0 Å². The van der Waals surface area contributed by atoms with E-state index < -0.39 is 6.10 Å². The van der Waals surface area contributed by atoms with E-state index in [1.54, 1.807) is 0 Å². The Bertz CT molecular complexity index is 736. The molecule has 0 amide bonds. The van der Waals surface area contributed by atoms with E-state index in [0.29, 0.717) is 13.0 Å². The van der Waals surface area contributed by atoms with Crippen LogP contribution in [0, 0.1) is 0 Å². The minimum atomic E-state index is -0.455. The number of hydrogen-bond acceptors (Lipinski definition) is 3. The number of β-amino-alcohol motifs (C(OH)–C–C–N with tert-alkyl or cyclic N) is 1. The normalized spacial score (nSPS) is 21.1. The predicted octanol–water partition coefficient (Wildman–Crippen LogP) is 4.27. The number of nitrogens with zero attached hydrogens (tertiary/aromatic N) is 1. The highest BCUT2D eigenvalue weighted by molar-refractivity contribution is 5.67. The highest BCUT2D eigenvalue weighted by Gasteiger charge is 2.45. The van der Waals surface area contributed by atoms with Crippen molar-refractivity contribution in [3.8, 4) is 11.1 Å². The standard InChI is InChI=1S/C24H33NO2/c1-23(2)15-21(27)16-24(3,4)25(23)17-20(26)14-19-12-8-9-13-22(19)18-10-6-5-7-11-18/h5-13,20-21,26-27H,14-17H2,1-4H3. The molecule has 3 nitrogen and oxygen atoms in total. The average molecular weight is 368 g/mol. The molecule has 3 rings (SSSR count). The van der Waals surface area contributed by atoms with Crippen molar-refractivity contribution in [1.29, 1.82) is 0 Å². The number of benzene rings is 2. The van der Waals surface area contributed by atoms with E-state index in [-0.39, 0.29) is 17.2 Å². The molecule has 3 heteroatoms. The molecule has 0 spiro atoms. The Kier molecular flexibility index (Phi) is 5.76. The van der Waals surface area contributed by atoms with Crippen LogP contribution in [0.15, 0.2) is 54.6 Å². The molecule has 1 aliphatic rings. The van der Waals surface area contributed by atoms with E-state index in [4.69, 9.17) is 0 Å². The van der Waals surface area contributed by atoms with Crippen LogP contribution in [0.2, 0.25) is 0 Å². The molecule has 2 aromatic carbocycles. The summed E-state index contributed by atoms with van der Waals surface area (Å²) < 4.78 is 0. The quantitative estimate of drug-likeness (QED) is 0.829. The Morgan fingerprint density at radius 2 is 1.48 bits per heavy atom. The number of rotatable bonds is 5. The second-order valence-corrected chi connectivity index (χ2v) is 9.18. The lowest BCUT2D eigenvalue weighted by molar-refractivity contribution is -0.0964. The largest absolute Gasteiger partial charge is 0.393 e. The topological polar surface area (TPSA) is 43.7 Å². The third-order valence-corrected chi connectivity index (χ3v) is 5.88. The Balaban J connectivity index is 1.78. The molecule has 0 aliphatic carbocycles. The summed E-state index contributed by atoms with van der Waals surface area (Å²) in [6.07, 6.45) is 1.37. The predicted molar refractivity (Wildman–Crippen MR) is 112 cm³/mol. The summed E-state index contributed by atoms with van der Waals surface area (Å²) in [7, 11) is 0. The maximum absolute atomic E-state index is 11.0. The first-order valence-electron chi connectivity index (χ1n) is 9.96. The van der Waals surface area contributed by atoms with Crippen LogP contribution in [0.1, 0.15) is 46.1 Å². The smallest absolute Gasteiger partial charge is 0.0708 e. The van der Waals surface area contributed by atoms with Gasteiger partial charge >= 0.3 is 0 Å². The van der Waals surface area contributed by atoms with Gasteiger partial charge in [-0.2, -0.15) is 0 Å². The van der Waals surface area contributed by atoms with Gasteiger partial charge in [-0.25, -0.2) is 0 Å².